The second-order valence-corrected chi connectivity index (χ2v) is 7.64. The lowest BCUT2D eigenvalue weighted by Gasteiger charge is -2.07. The van der Waals surface area contributed by atoms with E-state index in [4.69, 9.17) is 9.47 Å². The van der Waals surface area contributed by atoms with E-state index in [1.165, 1.54) is 0 Å². The number of carbonyl (C=O) groups excluding carboxylic acids is 1. The molecule has 4 rings (SSSR count). The smallest absolute Gasteiger partial charge is 0.333 e. The number of esters is 1. The van der Waals surface area contributed by atoms with Crippen LogP contribution in [0.4, 0.5) is 22.7 Å². The van der Waals surface area contributed by atoms with Gasteiger partial charge in [0.1, 0.15) is 19.0 Å². The van der Waals surface area contributed by atoms with Gasteiger partial charge in [-0.1, -0.05) is 49.0 Å². The predicted molar refractivity (Wildman–Crippen MR) is 136 cm³/mol. The lowest BCUT2D eigenvalue weighted by molar-refractivity contribution is -0.139. The van der Waals surface area contributed by atoms with Gasteiger partial charge in [-0.25, -0.2) is 4.79 Å². The number of hydrogen-bond donors (Lipinski definition) is 0. The molecule has 0 amide bonds. The number of azo groups is 2. The molecule has 4 aromatic carbocycles. The molecule has 0 bridgehead atoms. The fraction of sp³-hybridized carbons (Fsp3) is 0.107. The van der Waals surface area contributed by atoms with E-state index >= 15 is 0 Å². The normalized spacial score (nSPS) is 11.2. The van der Waals surface area contributed by atoms with Crippen molar-refractivity contribution in [3.05, 3.63) is 103 Å². The first-order chi connectivity index (χ1) is 17.1. The Morgan fingerprint density at radius 2 is 1.23 bits per heavy atom. The molecule has 0 aromatic heterocycles. The molecular weight excluding hydrogens is 440 g/mol. The SMILES string of the molecule is C=C(C)C(=O)OCCOc1ccc(/N=N/c2ccc(/N=N/c3ccccc3)c3ccccc23)cc1. The minimum absolute atomic E-state index is 0.154. The van der Waals surface area contributed by atoms with Gasteiger partial charge in [0, 0.05) is 16.3 Å². The van der Waals surface area contributed by atoms with Crippen LogP contribution in [0.1, 0.15) is 6.92 Å². The summed E-state index contributed by atoms with van der Waals surface area (Å²) in [6, 6.07) is 28.5. The Morgan fingerprint density at radius 1 is 0.686 bits per heavy atom. The van der Waals surface area contributed by atoms with Crippen molar-refractivity contribution < 1.29 is 14.3 Å². The monoisotopic (exact) mass is 464 g/mol. The topological polar surface area (TPSA) is 85.0 Å². The number of rotatable bonds is 9. The van der Waals surface area contributed by atoms with Crippen molar-refractivity contribution in [2.24, 2.45) is 20.5 Å². The highest BCUT2D eigenvalue weighted by atomic mass is 16.6. The van der Waals surface area contributed by atoms with Crippen molar-refractivity contribution in [2.45, 2.75) is 6.92 Å². The van der Waals surface area contributed by atoms with Crippen molar-refractivity contribution in [2.75, 3.05) is 13.2 Å². The molecule has 0 aliphatic rings. The highest BCUT2D eigenvalue weighted by Gasteiger charge is 2.06. The summed E-state index contributed by atoms with van der Waals surface area (Å²) in [5, 5.41) is 19.5. The molecule has 0 saturated heterocycles. The molecule has 0 heterocycles. The third-order valence-corrected chi connectivity index (χ3v) is 4.95. The quantitative estimate of drug-likeness (QED) is 0.108. The van der Waals surface area contributed by atoms with Gasteiger partial charge in [-0.15, -0.1) is 10.2 Å². The molecule has 7 heteroatoms. The fourth-order valence-electron chi connectivity index (χ4n) is 3.19. The molecule has 0 atom stereocenters. The molecular formula is C28H24N4O3. The minimum atomic E-state index is -0.427. The van der Waals surface area contributed by atoms with Crippen LogP contribution in [-0.4, -0.2) is 19.2 Å². The van der Waals surface area contributed by atoms with Crippen LogP contribution in [0.2, 0.25) is 0 Å². The van der Waals surface area contributed by atoms with E-state index in [2.05, 4.69) is 27.0 Å². The molecule has 0 fully saturated rings. The third-order valence-electron chi connectivity index (χ3n) is 4.95. The Morgan fingerprint density at radius 3 is 1.80 bits per heavy atom. The van der Waals surface area contributed by atoms with Crippen LogP contribution in [0.5, 0.6) is 5.75 Å². The standard InChI is InChI=1S/C28H24N4O3/c1-20(2)28(33)35-19-18-34-23-14-12-22(13-15-23)30-32-27-17-16-26(24-10-6-7-11-25(24)27)31-29-21-8-4-3-5-9-21/h3-17H,1,18-19H2,2H3/b31-29+,32-30+. The minimum Gasteiger partial charge on any atom is -0.490 e. The van der Waals surface area contributed by atoms with E-state index in [-0.39, 0.29) is 13.2 Å². The van der Waals surface area contributed by atoms with Crippen LogP contribution in [0, 0.1) is 0 Å². The zero-order valence-corrected chi connectivity index (χ0v) is 19.3. The maximum absolute atomic E-state index is 11.4. The van der Waals surface area contributed by atoms with Crippen LogP contribution in [-0.2, 0) is 9.53 Å². The summed E-state index contributed by atoms with van der Waals surface area (Å²) in [7, 11) is 0. The van der Waals surface area contributed by atoms with Crippen LogP contribution < -0.4 is 4.74 Å². The van der Waals surface area contributed by atoms with Crippen molar-refractivity contribution in [1.29, 1.82) is 0 Å². The first kappa shape index (κ1) is 23.5. The van der Waals surface area contributed by atoms with E-state index in [1.807, 2.05) is 78.9 Å². The van der Waals surface area contributed by atoms with Gasteiger partial charge < -0.3 is 9.47 Å². The van der Waals surface area contributed by atoms with E-state index < -0.39 is 5.97 Å². The van der Waals surface area contributed by atoms with Crippen LogP contribution >= 0.6 is 0 Å². The van der Waals surface area contributed by atoms with Gasteiger partial charge >= 0.3 is 5.97 Å². The second kappa shape index (κ2) is 11.5. The summed E-state index contributed by atoms with van der Waals surface area (Å²) in [6.07, 6.45) is 0. The summed E-state index contributed by atoms with van der Waals surface area (Å²) in [5.74, 6) is 0.220. The Balaban J connectivity index is 1.43. The first-order valence-electron chi connectivity index (χ1n) is 11.1. The molecule has 0 saturated carbocycles. The van der Waals surface area contributed by atoms with Gasteiger partial charge in [-0.3, -0.25) is 0 Å². The maximum atomic E-state index is 11.4. The van der Waals surface area contributed by atoms with Gasteiger partial charge in [-0.2, -0.15) is 10.2 Å². The van der Waals surface area contributed by atoms with Gasteiger partial charge in [0.05, 0.1) is 22.7 Å². The number of benzene rings is 4. The fourth-order valence-corrected chi connectivity index (χ4v) is 3.19. The predicted octanol–water partition coefficient (Wildman–Crippen LogP) is 8.17. The summed E-state index contributed by atoms with van der Waals surface area (Å²) >= 11 is 0. The summed E-state index contributed by atoms with van der Waals surface area (Å²) in [6.45, 7) is 5.54. The lowest BCUT2D eigenvalue weighted by Crippen LogP contribution is -2.12. The Hall–Kier alpha value is -4.65. The van der Waals surface area contributed by atoms with Crippen molar-refractivity contribution in [3.63, 3.8) is 0 Å². The molecule has 0 spiro atoms. The Kier molecular flexibility index (Phi) is 7.70. The molecule has 0 aliphatic carbocycles. The lowest BCUT2D eigenvalue weighted by atomic mass is 10.1. The van der Waals surface area contributed by atoms with Crippen LogP contribution in [0.3, 0.4) is 0 Å². The summed E-state index contributed by atoms with van der Waals surface area (Å²) in [5.41, 5.74) is 3.33. The molecule has 4 aromatic rings. The average Bonchev–Trinajstić information content (AvgIpc) is 2.90. The number of nitrogens with zero attached hydrogens (tertiary/aromatic N) is 4. The molecule has 0 N–H and O–H groups in total. The zero-order valence-electron chi connectivity index (χ0n) is 19.3. The Bertz CT molecular complexity index is 1380. The van der Waals surface area contributed by atoms with E-state index in [0.717, 1.165) is 27.8 Å². The van der Waals surface area contributed by atoms with Crippen molar-refractivity contribution in [3.8, 4) is 5.75 Å². The van der Waals surface area contributed by atoms with Crippen LogP contribution in [0.25, 0.3) is 10.8 Å². The Labute approximate surface area is 203 Å². The third kappa shape index (κ3) is 6.45. The molecule has 174 valence electrons. The summed E-state index contributed by atoms with van der Waals surface area (Å²) in [4.78, 5) is 11.4. The zero-order chi connectivity index (χ0) is 24.5. The molecule has 0 unspecified atom stereocenters. The van der Waals surface area contributed by atoms with Gasteiger partial charge in [0.2, 0.25) is 0 Å². The molecule has 7 nitrogen and oxygen atoms in total. The number of fused-ring (bicyclic) bond motifs is 1. The van der Waals surface area contributed by atoms with Crippen molar-refractivity contribution in [1.82, 2.24) is 0 Å². The van der Waals surface area contributed by atoms with E-state index in [1.54, 1.807) is 19.1 Å². The summed E-state index contributed by atoms with van der Waals surface area (Å²) < 4.78 is 10.6. The van der Waals surface area contributed by atoms with Crippen LogP contribution in [0.15, 0.2) is 124 Å². The number of carbonyl (C=O) groups is 1. The molecule has 35 heavy (non-hydrogen) atoms. The number of ether oxygens (including phenoxy) is 2. The number of hydrogen-bond acceptors (Lipinski definition) is 7. The van der Waals surface area contributed by atoms with E-state index in [0.29, 0.717) is 17.0 Å². The largest absolute Gasteiger partial charge is 0.490 e. The first-order valence-corrected chi connectivity index (χ1v) is 11.1. The highest BCUT2D eigenvalue weighted by molar-refractivity contribution is 5.99. The molecule has 0 radical (unpaired) electrons. The van der Waals surface area contributed by atoms with Crippen molar-refractivity contribution >= 4 is 39.5 Å². The highest BCUT2D eigenvalue weighted by Crippen LogP contribution is 2.35. The van der Waals surface area contributed by atoms with Gasteiger partial charge in [-0.05, 0) is 55.5 Å². The average molecular weight is 465 g/mol. The second-order valence-electron chi connectivity index (χ2n) is 7.64. The van der Waals surface area contributed by atoms with E-state index in [9.17, 15) is 4.79 Å². The maximum Gasteiger partial charge on any atom is 0.333 e. The van der Waals surface area contributed by atoms with Gasteiger partial charge in [0.25, 0.3) is 0 Å². The molecule has 0 aliphatic heterocycles. The van der Waals surface area contributed by atoms with Gasteiger partial charge in [0.15, 0.2) is 0 Å².